The number of allylic oxidation sites excluding steroid dienone is 2. The number of Topliss-reactive ketones (excluding diaryl/α,β-unsaturated/α-hetero) is 1. The SMILES string of the molecule is COc1c(-c2ccccc2)ccc2c1C(CC(C)=O)C=C2C. The molecule has 0 fully saturated rings. The average Bonchev–Trinajstić information content (AvgIpc) is 2.83. The van der Waals surface area contributed by atoms with Crippen LogP contribution < -0.4 is 4.74 Å². The van der Waals surface area contributed by atoms with Gasteiger partial charge in [0.2, 0.25) is 0 Å². The molecule has 1 aliphatic rings. The predicted octanol–water partition coefficient (Wildman–Crippen LogP) is 4.84. The Labute approximate surface area is 131 Å². The van der Waals surface area contributed by atoms with E-state index in [0.717, 1.165) is 22.4 Å². The second-order valence-electron chi connectivity index (χ2n) is 5.84. The number of rotatable bonds is 4. The maximum atomic E-state index is 11.6. The third-order valence-electron chi connectivity index (χ3n) is 4.24. The van der Waals surface area contributed by atoms with E-state index >= 15 is 0 Å². The molecule has 0 saturated carbocycles. The fraction of sp³-hybridized carbons (Fsp3) is 0.250. The van der Waals surface area contributed by atoms with Crippen molar-refractivity contribution in [2.75, 3.05) is 7.11 Å². The summed E-state index contributed by atoms with van der Waals surface area (Å²) in [5.74, 6) is 1.21. The van der Waals surface area contributed by atoms with E-state index in [4.69, 9.17) is 4.74 Å². The zero-order chi connectivity index (χ0) is 15.7. The van der Waals surface area contributed by atoms with Crippen molar-refractivity contribution in [1.29, 1.82) is 0 Å². The number of carbonyl (C=O) groups excluding carboxylic acids is 1. The molecule has 2 heteroatoms. The first-order valence-corrected chi connectivity index (χ1v) is 7.56. The highest BCUT2D eigenvalue weighted by atomic mass is 16.5. The molecular formula is C20H20O2. The summed E-state index contributed by atoms with van der Waals surface area (Å²) in [6, 6.07) is 14.5. The van der Waals surface area contributed by atoms with Crippen LogP contribution in [0.4, 0.5) is 0 Å². The van der Waals surface area contributed by atoms with Crippen molar-refractivity contribution < 1.29 is 9.53 Å². The lowest BCUT2D eigenvalue weighted by molar-refractivity contribution is -0.117. The second kappa shape index (κ2) is 5.80. The minimum atomic E-state index is 0.117. The van der Waals surface area contributed by atoms with Gasteiger partial charge in [0.05, 0.1) is 7.11 Å². The molecule has 0 N–H and O–H groups in total. The Bertz CT molecular complexity index is 742. The van der Waals surface area contributed by atoms with Crippen molar-refractivity contribution in [2.24, 2.45) is 0 Å². The van der Waals surface area contributed by atoms with Gasteiger partial charge in [0.15, 0.2) is 0 Å². The lowest BCUT2D eigenvalue weighted by Crippen LogP contribution is -2.03. The minimum absolute atomic E-state index is 0.117. The Morgan fingerprint density at radius 3 is 2.41 bits per heavy atom. The number of hydrogen-bond acceptors (Lipinski definition) is 2. The monoisotopic (exact) mass is 292 g/mol. The zero-order valence-electron chi connectivity index (χ0n) is 13.2. The molecule has 1 aliphatic carbocycles. The molecule has 0 saturated heterocycles. The summed E-state index contributed by atoms with van der Waals surface area (Å²) in [5, 5.41) is 0. The van der Waals surface area contributed by atoms with E-state index in [9.17, 15) is 4.79 Å². The molecule has 2 aromatic carbocycles. The fourth-order valence-corrected chi connectivity index (χ4v) is 3.32. The lowest BCUT2D eigenvalue weighted by Gasteiger charge is -2.18. The van der Waals surface area contributed by atoms with Crippen molar-refractivity contribution in [3.05, 3.63) is 59.7 Å². The van der Waals surface area contributed by atoms with Crippen LogP contribution in [0.15, 0.2) is 48.5 Å². The molecule has 0 heterocycles. The van der Waals surface area contributed by atoms with Crippen LogP contribution in [0.1, 0.15) is 37.3 Å². The second-order valence-corrected chi connectivity index (χ2v) is 5.84. The number of fused-ring (bicyclic) bond motifs is 1. The maximum absolute atomic E-state index is 11.6. The fourth-order valence-electron chi connectivity index (χ4n) is 3.32. The largest absolute Gasteiger partial charge is 0.496 e. The molecular weight excluding hydrogens is 272 g/mol. The van der Waals surface area contributed by atoms with Gasteiger partial charge in [-0.05, 0) is 30.5 Å². The molecule has 0 aliphatic heterocycles. The van der Waals surface area contributed by atoms with Crippen LogP contribution in [0.3, 0.4) is 0 Å². The van der Waals surface area contributed by atoms with Crippen LogP contribution >= 0.6 is 0 Å². The van der Waals surface area contributed by atoms with Gasteiger partial charge in [-0.15, -0.1) is 0 Å². The van der Waals surface area contributed by atoms with Crippen LogP contribution in [0.25, 0.3) is 16.7 Å². The van der Waals surface area contributed by atoms with E-state index < -0.39 is 0 Å². The molecule has 3 rings (SSSR count). The maximum Gasteiger partial charge on any atom is 0.131 e. The van der Waals surface area contributed by atoms with Gasteiger partial charge in [0.25, 0.3) is 0 Å². The van der Waals surface area contributed by atoms with Crippen LogP contribution in [0.5, 0.6) is 5.75 Å². The Morgan fingerprint density at radius 2 is 1.77 bits per heavy atom. The summed E-state index contributed by atoms with van der Waals surface area (Å²) in [5.41, 5.74) is 5.78. The van der Waals surface area contributed by atoms with Gasteiger partial charge in [0.1, 0.15) is 11.5 Å². The van der Waals surface area contributed by atoms with Crippen molar-refractivity contribution in [3.63, 3.8) is 0 Å². The summed E-state index contributed by atoms with van der Waals surface area (Å²) in [6.45, 7) is 3.75. The summed E-state index contributed by atoms with van der Waals surface area (Å²) in [7, 11) is 1.71. The van der Waals surface area contributed by atoms with Crippen LogP contribution in [0, 0.1) is 0 Å². The van der Waals surface area contributed by atoms with E-state index in [0.29, 0.717) is 6.42 Å². The van der Waals surface area contributed by atoms with Crippen molar-refractivity contribution in [1.82, 2.24) is 0 Å². The van der Waals surface area contributed by atoms with Gasteiger partial charge in [-0.1, -0.05) is 48.5 Å². The summed E-state index contributed by atoms with van der Waals surface area (Å²) < 4.78 is 5.76. The van der Waals surface area contributed by atoms with Gasteiger partial charge in [-0.2, -0.15) is 0 Å². The molecule has 0 bridgehead atoms. The van der Waals surface area contributed by atoms with E-state index in [1.54, 1.807) is 14.0 Å². The Hall–Kier alpha value is -2.35. The van der Waals surface area contributed by atoms with Crippen molar-refractivity contribution >= 4 is 11.4 Å². The topological polar surface area (TPSA) is 26.3 Å². The average molecular weight is 292 g/mol. The molecule has 0 radical (unpaired) electrons. The normalized spacial score (nSPS) is 16.1. The first-order chi connectivity index (χ1) is 10.6. The van der Waals surface area contributed by atoms with Crippen molar-refractivity contribution in [3.8, 4) is 16.9 Å². The molecule has 1 unspecified atom stereocenters. The predicted molar refractivity (Wildman–Crippen MR) is 90.1 cm³/mol. The molecule has 2 nitrogen and oxygen atoms in total. The van der Waals surface area contributed by atoms with Crippen molar-refractivity contribution in [2.45, 2.75) is 26.2 Å². The smallest absolute Gasteiger partial charge is 0.131 e. The van der Waals surface area contributed by atoms with Crippen LogP contribution in [-0.4, -0.2) is 12.9 Å². The van der Waals surface area contributed by atoms with Crippen LogP contribution in [0.2, 0.25) is 0 Å². The molecule has 22 heavy (non-hydrogen) atoms. The Balaban J connectivity index is 2.17. The Kier molecular flexibility index (Phi) is 3.84. The van der Waals surface area contributed by atoms with Gasteiger partial charge in [-0.3, -0.25) is 4.79 Å². The summed E-state index contributed by atoms with van der Waals surface area (Å²) >= 11 is 0. The molecule has 0 spiro atoms. The quantitative estimate of drug-likeness (QED) is 0.806. The highest BCUT2D eigenvalue weighted by Gasteiger charge is 2.28. The molecule has 0 aromatic heterocycles. The highest BCUT2D eigenvalue weighted by Crippen LogP contribution is 2.47. The minimum Gasteiger partial charge on any atom is -0.496 e. The third-order valence-corrected chi connectivity index (χ3v) is 4.24. The Morgan fingerprint density at radius 1 is 1.09 bits per heavy atom. The first kappa shape index (κ1) is 14.6. The summed E-state index contributed by atoms with van der Waals surface area (Å²) in [4.78, 5) is 11.6. The molecule has 0 amide bonds. The molecule has 1 atom stereocenters. The third kappa shape index (κ3) is 2.45. The number of ether oxygens (including phenoxy) is 1. The molecule has 112 valence electrons. The van der Waals surface area contributed by atoms with E-state index in [2.05, 4.69) is 37.3 Å². The number of hydrogen-bond donors (Lipinski definition) is 0. The number of carbonyl (C=O) groups is 1. The number of benzene rings is 2. The van der Waals surface area contributed by atoms with E-state index in [-0.39, 0.29) is 11.7 Å². The van der Waals surface area contributed by atoms with Crippen LogP contribution in [-0.2, 0) is 4.79 Å². The van der Waals surface area contributed by atoms with E-state index in [1.165, 1.54) is 11.1 Å². The number of methoxy groups -OCH3 is 1. The highest BCUT2D eigenvalue weighted by molar-refractivity contribution is 5.85. The zero-order valence-corrected chi connectivity index (χ0v) is 13.2. The van der Waals surface area contributed by atoms with Gasteiger partial charge >= 0.3 is 0 Å². The van der Waals surface area contributed by atoms with E-state index in [1.807, 2.05) is 18.2 Å². The number of ketones is 1. The standard InChI is InChI=1S/C20H20O2/c1-13-11-16(12-14(2)21)19-17(13)9-10-18(20(19)22-3)15-7-5-4-6-8-15/h4-11,16H,12H2,1-3H3. The lowest BCUT2D eigenvalue weighted by atomic mass is 9.90. The summed E-state index contributed by atoms with van der Waals surface area (Å²) in [6.07, 6.45) is 2.71. The van der Waals surface area contributed by atoms with Gasteiger partial charge < -0.3 is 4.74 Å². The van der Waals surface area contributed by atoms with Gasteiger partial charge in [0, 0.05) is 23.5 Å². The first-order valence-electron chi connectivity index (χ1n) is 7.56. The van der Waals surface area contributed by atoms with Gasteiger partial charge in [-0.25, -0.2) is 0 Å². The molecule has 2 aromatic rings.